The molecule has 0 radical (unpaired) electrons. The first-order valence-electron chi connectivity index (χ1n) is 9.82. The molecule has 2 N–H and O–H groups in total. The largest absolute Gasteiger partial charge is 0.491 e. The van der Waals surface area contributed by atoms with E-state index in [0.29, 0.717) is 30.0 Å². The normalized spacial score (nSPS) is 11.5. The molecular formula is C23H29N3O2. The summed E-state index contributed by atoms with van der Waals surface area (Å²) in [6.45, 7) is 10.1. The predicted molar refractivity (Wildman–Crippen MR) is 115 cm³/mol. The lowest BCUT2D eigenvalue weighted by Gasteiger charge is -2.30. The number of aromatic nitrogens is 1. The third-order valence-electron chi connectivity index (χ3n) is 4.91. The van der Waals surface area contributed by atoms with Gasteiger partial charge in [-0.15, -0.1) is 0 Å². The Morgan fingerprint density at radius 2 is 1.79 bits per heavy atom. The van der Waals surface area contributed by atoms with Crippen LogP contribution in [0.15, 0.2) is 54.7 Å². The molecule has 3 rings (SSSR count). The Hall–Kier alpha value is -2.79. The van der Waals surface area contributed by atoms with Gasteiger partial charge < -0.3 is 15.0 Å². The molecule has 148 valence electrons. The molecule has 0 unspecified atom stereocenters. The maximum absolute atomic E-state index is 12.9. The summed E-state index contributed by atoms with van der Waals surface area (Å²) in [4.78, 5) is 18.4. The van der Waals surface area contributed by atoms with E-state index in [0.717, 1.165) is 23.1 Å². The van der Waals surface area contributed by atoms with Crippen molar-refractivity contribution in [2.75, 3.05) is 18.5 Å². The van der Waals surface area contributed by atoms with E-state index in [1.807, 2.05) is 48.7 Å². The van der Waals surface area contributed by atoms with Gasteiger partial charge in [-0.1, -0.05) is 18.2 Å². The summed E-state index contributed by atoms with van der Waals surface area (Å²) in [7, 11) is 0. The van der Waals surface area contributed by atoms with Crippen molar-refractivity contribution in [2.45, 2.75) is 39.8 Å². The van der Waals surface area contributed by atoms with Crippen LogP contribution in [0.25, 0.3) is 10.9 Å². The molecule has 28 heavy (non-hydrogen) atoms. The minimum atomic E-state index is -0.172. The number of carbonyl (C=O) groups excluding carboxylic acids is 1. The molecule has 2 aromatic carbocycles. The van der Waals surface area contributed by atoms with E-state index in [1.165, 1.54) is 0 Å². The van der Waals surface area contributed by atoms with Gasteiger partial charge in [-0.2, -0.15) is 0 Å². The number of hydrogen-bond donors (Lipinski definition) is 2. The fourth-order valence-corrected chi connectivity index (χ4v) is 3.54. The highest BCUT2D eigenvalue weighted by atomic mass is 16.5. The molecule has 0 saturated heterocycles. The standard InChI is InChI=1S/C23H29N3O2/c1-16(2)26(17(3)4)14-15-28-22-11-6-5-8-19(22)23(27)25-21-10-7-9-20-18(21)12-13-24-20/h5-13,16-17,24H,14-15H2,1-4H3,(H,25,27). The van der Waals surface area contributed by atoms with Crippen LogP contribution in [0.2, 0.25) is 0 Å². The Bertz CT molecular complexity index is 922. The summed E-state index contributed by atoms with van der Waals surface area (Å²) in [6.07, 6.45) is 1.87. The molecule has 0 aliphatic rings. The molecule has 1 heterocycles. The van der Waals surface area contributed by atoms with E-state index < -0.39 is 0 Å². The first kappa shape index (κ1) is 20.0. The summed E-state index contributed by atoms with van der Waals surface area (Å²) in [5.41, 5.74) is 2.31. The summed E-state index contributed by atoms with van der Waals surface area (Å²) in [5.74, 6) is 0.433. The number of rotatable bonds is 8. The Morgan fingerprint density at radius 1 is 1.04 bits per heavy atom. The molecule has 0 fully saturated rings. The highest BCUT2D eigenvalue weighted by Crippen LogP contribution is 2.25. The van der Waals surface area contributed by atoms with Crippen LogP contribution in [-0.4, -0.2) is 41.0 Å². The van der Waals surface area contributed by atoms with Gasteiger partial charge in [-0.05, 0) is 58.0 Å². The molecule has 0 aliphatic heterocycles. The second kappa shape index (κ2) is 8.93. The van der Waals surface area contributed by atoms with Crippen LogP contribution >= 0.6 is 0 Å². The van der Waals surface area contributed by atoms with Crippen LogP contribution < -0.4 is 10.1 Å². The average molecular weight is 380 g/mol. The average Bonchev–Trinajstić information content (AvgIpc) is 3.14. The van der Waals surface area contributed by atoms with Crippen molar-refractivity contribution >= 4 is 22.5 Å². The Labute approximate surface area is 166 Å². The van der Waals surface area contributed by atoms with Gasteiger partial charge in [0.2, 0.25) is 0 Å². The van der Waals surface area contributed by atoms with Crippen LogP contribution in [0, 0.1) is 0 Å². The highest BCUT2D eigenvalue weighted by molar-refractivity contribution is 6.10. The number of ether oxygens (including phenoxy) is 1. The van der Waals surface area contributed by atoms with Crippen molar-refractivity contribution in [2.24, 2.45) is 0 Å². The third kappa shape index (κ3) is 4.54. The summed E-state index contributed by atoms with van der Waals surface area (Å²) < 4.78 is 5.99. The van der Waals surface area contributed by atoms with Crippen LogP contribution in [0.1, 0.15) is 38.1 Å². The quantitative estimate of drug-likeness (QED) is 0.584. The van der Waals surface area contributed by atoms with Crippen molar-refractivity contribution in [3.05, 3.63) is 60.3 Å². The second-order valence-corrected chi connectivity index (χ2v) is 7.47. The van der Waals surface area contributed by atoms with Crippen molar-refractivity contribution in [3.8, 4) is 5.75 Å². The number of carbonyl (C=O) groups is 1. The number of fused-ring (bicyclic) bond motifs is 1. The first-order chi connectivity index (χ1) is 13.5. The number of para-hydroxylation sites is 1. The number of aromatic amines is 1. The summed E-state index contributed by atoms with van der Waals surface area (Å²) in [6, 6.07) is 16.1. The van der Waals surface area contributed by atoms with E-state index >= 15 is 0 Å². The molecule has 3 aromatic rings. The molecule has 0 saturated carbocycles. The van der Waals surface area contributed by atoms with E-state index in [4.69, 9.17) is 4.74 Å². The Kier molecular flexibility index (Phi) is 6.37. The zero-order chi connectivity index (χ0) is 20.1. The Morgan fingerprint density at radius 3 is 2.54 bits per heavy atom. The van der Waals surface area contributed by atoms with Crippen LogP contribution in [0.5, 0.6) is 5.75 Å². The lowest BCUT2D eigenvalue weighted by atomic mass is 10.1. The lowest BCUT2D eigenvalue weighted by Crippen LogP contribution is -2.39. The minimum Gasteiger partial charge on any atom is -0.491 e. The Balaban J connectivity index is 1.71. The molecule has 0 spiro atoms. The van der Waals surface area contributed by atoms with Gasteiger partial charge in [-0.3, -0.25) is 9.69 Å². The van der Waals surface area contributed by atoms with E-state index in [9.17, 15) is 4.79 Å². The van der Waals surface area contributed by atoms with Gasteiger partial charge in [0.15, 0.2) is 0 Å². The van der Waals surface area contributed by atoms with Gasteiger partial charge >= 0.3 is 0 Å². The number of hydrogen-bond acceptors (Lipinski definition) is 3. The third-order valence-corrected chi connectivity index (χ3v) is 4.91. The molecule has 1 amide bonds. The van der Waals surface area contributed by atoms with Gasteiger partial charge in [0.25, 0.3) is 5.91 Å². The van der Waals surface area contributed by atoms with Gasteiger partial charge in [0.05, 0.1) is 11.3 Å². The van der Waals surface area contributed by atoms with Crippen LogP contribution in [0.3, 0.4) is 0 Å². The molecule has 5 nitrogen and oxygen atoms in total. The summed E-state index contributed by atoms with van der Waals surface area (Å²) in [5, 5.41) is 4.00. The maximum atomic E-state index is 12.9. The van der Waals surface area contributed by atoms with Gasteiger partial charge in [0.1, 0.15) is 12.4 Å². The summed E-state index contributed by atoms with van der Waals surface area (Å²) >= 11 is 0. The number of H-pyrrole nitrogens is 1. The zero-order valence-corrected chi connectivity index (χ0v) is 17.0. The van der Waals surface area contributed by atoms with Crippen molar-refractivity contribution < 1.29 is 9.53 Å². The van der Waals surface area contributed by atoms with E-state index in [1.54, 1.807) is 6.07 Å². The number of nitrogens with zero attached hydrogens (tertiary/aromatic N) is 1. The molecule has 0 bridgehead atoms. The van der Waals surface area contributed by atoms with Crippen LogP contribution in [-0.2, 0) is 0 Å². The zero-order valence-electron chi connectivity index (χ0n) is 17.0. The molecule has 0 aliphatic carbocycles. The number of amides is 1. The van der Waals surface area contributed by atoms with Crippen LogP contribution in [0.4, 0.5) is 5.69 Å². The van der Waals surface area contributed by atoms with Crippen molar-refractivity contribution in [1.82, 2.24) is 9.88 Å². The molecular weight excluding hydrogens is 350 g/mol. The maximum Gasteiger partial charge on any atom is 0.259 e. The van der Waals surface area contributed by atoms with Crippen molar-refractivity contribution in [3.63, 3.8) is 0 Å². The minimum absolute atomic E-state index is 0.172. The fraction of sp³-hybridized carbons (Fsp3) is 0.348. The molecule has 5 heteroatoms. The predicted octanol–water partition coefficient (Wildman–Crippen LogP) is 4.92. The molecule has 1 aromatic heterocycles. The second-order valence-electron chi connectivity index (χ2n) is 7.47. The highest BCUT2D eigenvalue weighted by Gasteiger charge is 2.16. The van der Waals surface area contributed by atoms with Crippen molar-refractivity contribution in [1.29, 1.82) is 0 Å². The fourth-order valence-electron chi connectivity index (χ4n) is 3.54. The monoisotopic (exact) mass is 379 g/mol. The smallest absolute Gasteiger partial charge is 0.259 e. The lowest BCUT2D eigenvalue weighted by molar-refractivity contribution is 0.101. The van der Waals surface area contributed by atoms with Gasteiger partial charge in [0, 0.05) is 35.7 Å². The number of anilines is 1. The van der Waals surface area contributed by atoms with Gasteiger partial charge in [-0.25, -0.2) is 0 Å². The van der Waals surface area contributed by atoms with E-state index in [-0.39, 0.29) is 5.91 Å². The number of benzene rings is 2. The molecule has 0 atom stereocenters. The first-order valence-corrected chi connectivity index (χ1v) is 9.82. The van der Waals surface area contributed by atoms with E-state index in [2.05, 4.69) is 42.9 Å². The topological polar surface area (TPSA) is 57.4 Å². The SMILES string of the molecule is CC(C)N(CCOc1ccccc1C(=O)Nc1cccc2[nH]ccc12)C(C)C. The number of nitrogens with one attached hydrogen (secondary N) is 2.